The average Bonchev–Trinajstić information content (AvgIpc) is 3.23. The zero-order valence-electron chi connectivity index (χ0n) is 14.8. The van der Waals surface area contributed by atoms with Crippen LogP contribution < -0.4 is 5.32 Å². The third kappa shape index (κ3) is 4.18. The van der Waals surface area contributed by atoms with Gasteiger partial charge < -0.3 is 14.6 Å². The topological polar surface area (TPSA) is 75.4 Å². The SMILES string of the molecule is Cc1ccc(-c2nc(CC(=O)Nc3ccc(C(=O)N(C)C)cc3)cs2)o1. The molecular formula is C19H19N3O3S. The lowest BCUT2D eigenvalue weighted by Crippen LogP contribution is -2.21. The highest BCUT2D eigenvalue weighted by atomic mass is 32.1. The third-order valence-electron chi connectivity index (χ3n) is 3.67. The van der Waals surface area contributed by atoms with Crippen molar-refractivity contribution in [3.8, 4) is 10.8 Å². The smallest absolute Gasteiger partial charge is 0.253 e. The normalized spacial score (nSPS) is 10.6. The Kier molecular flexibility index (Phi) is 5.18. The predicted octanol–water partition coefficient (Wildman–Crippen LogP) is 3.59. The molecule has 7 heteroatoms. The summed E-state index contributed by atoms with van der Waals surface area (Å²) in [4.78, 5) is 30.0. The fourth-order valence-corrected chi connectivity index (χ4v) is 3.15. The van der Waals surface area contributed by atoms with Crippen LogP contribution in [0.1, 0.15) is 21.8 Å². The average molecular weight is 369 g/mol. The second-order valence-electron chi connectivity index (χ2n) is 6.06. The van der Waals surface area contributed by atoms with E-state index >= 15 is 0 Å². The van der Waals surface area contributed by atoms with Crippen LogP contribution in [0.25, 0.3) is 10.8 Å². The maximum atomic E-state index is 12.2. The van der Waals surface area contributed by atoms with E-state index in [0.29, 0.717) is 22.7 Å². The lowest BCUT2D eigenvalue weighted by atomic mass is 10.2. The van der Waals surface area contributed by atoms with E-state index in [1.54, 1.807) is 38.4 Å². The van der Waals surface area contributed by atoms with Crippen molar-refractivity contribution < 1.29 is 14.0 Å². The van der Waals surface area contributed by atoms with Crippen molar-refractivity contribution in [3.63, 3.8) is 0 Å². The number of furan rings is 1. The highest BCUT2D eigenvalue weighted by molar-refractivity contribution is 7.13. The van der Waals surface area contributed by atoms with Gasteiger partial charge in [-0.1, -0.05) is 0 Å². The summed E-state index contributed by atoms with van der Waals surface area (Å²) in [7, 11) is 3.40. The molecule has 0 saturated heterocycles. The van der Waals surface area contributed by atoms with Crippen molar-refractivity contribution in [2.75, 3.05) is 19.4 Å². The Morgan fingerprint density at radius 2 is 1.88 bits per heavy atom. The number of aryl methyl sites for hydroxylation is 1. The van der Waals surface area contributed by atoms with Crippen molar-refractivity contribution >= 4 is 28.8 Å². The molecule has 2 heterocycles. The fraction of sp³-hybridized carbons (Fsp3) is 0.211. The number of benzene rings is 1. The Hall–Kier alpha value is -2.93. The summed E-state index contributed by atoms with van der Waals surface area (Å²) in [5.41, 5.74) is 1.91. The summed E-state index contributed by atoms with van der Waals surface area (Å²) in [6.45, 7) is 1.88. The van der Waals surface area contributed by atoms with Crippen LogP contribution in [-0.2, 0) is 11.2 Å². The van der Waals surface area contributed by atoms with Crippen molar-refractivity contribution in [1.82, 2.24) is 9.88 Å². The summed E-state index contributed by atoms with van der Waals surface area (Å²) >= 11 is 1.45. The van der Waals surface area contributed by atoms with Crippen LogP contribution in [0.3, 0.4) is 0 Å². The Morgan fingerprint density at radius 1 is 1.15 bits per heavy atom. The summed E-state index contributed by atoms with van der Waals surface area (Å²) in [5.74, 6) is 1.29. The largest absolute Gasteiger partial charge is 0.459 e. The molecule has 0 unspecified atom stereocenters. The number of nitrogens with one attached hydrogen (secondary N) is 1. The van der Waals surface area contributed by atoms with E-state index in [4.69, 9.17) is 4.42 Å². The molecule has 0 atom stereocenters. The van der Waals surface area contributed by atoms with E-state index in [9.17, 15) is 9.59 Å². The molecule has 0 saturated carbocycles. The van der Waals surface area contributed by atoms with E-state index < -0.39 is 0 Å². The van der Waals surface area contributed by atoms with Gasteiger partial charge in [0.1, 0.15) is 5.76 Å². The van der Waals surface area contributed by atoms with Gasteiger partial charge in [0, 0.05) is 30.7 Å². The van der Waals surface area contributed by atoms with E-state index in [0.717, 1.165) is 10.8 Å². The van der Waals surface area contributed by atoms with Crippen molar-refractivity contribution in [2.24, 2.45) is 0 Å². The maximum Gasteiger partial charge on any atom is 0.253 e. The second-order valence-corrected chi connectivity index (χ2v) is 6.91. The Balaban J connectivity index is 1.61. The van der Waals surface area contributed by atoms with Crippen LogP contribution in [0.15, 0.2) is 46.2 Å². The molecule has 3 rings (SSSR count). The minimum absolute atomic E-state index is 0.0777. The molecule has 0 spiro atoms. The number of aromatic nitrogens is 1. The Labute approximate surface area is 155 Å². The molecule has 6 nitrogen and oxygen atoms in total. The molecule has 3 aromatic rings. The van der Waals surface area contributed by atoms with Crippen molar-refractivity contribution in [2.45, 2.75) is 13.3 Å². The van der Waals surface area contributed by atoms with Crippen LogP contribution >= 0.6 is 11.3 Å². The molecule has 26 heavy (non-hydrogen) atoms. The van der Waals surface area contributed by atoms with Crippen LogP contribution in [0.2, 0.25) is 0 Å². The Morgan fingerprint density at radius 3 is 2.50 bits per heavy atom. The number of carbonyl (C=O) groups excluding carboxylic acids is 2. The third-order valence-corrected chi connectivity index (χ3v) is 4.57. The van der Waals surface area contributed by atoms with Crippen molar-refractivity contribution in [1.29, 1.82) is 0 Å². The minimum atomic E-state index is -0.163. The zero-order chi connectivity index (χ0) is 18.7. The number of hydrogen-bond donors (Lipinski definition) is 1. The monoisotopic (exact) mass is 369 g/mol. The van der Waals surface area contributed by atoms with Gasteiger partial charge in [-0.25, -0.2) is 4.98 Å². The predicted molar refractivity (Wildman–Crippen MR) is 101 cm³/mol. The second kappa shape index (κ2) is 7.53. The molecular weight excluding hydrogens is 350 g/mol. The van der Waals surface area contributed by atoms with Crippen LogP contribution in [0.4, 0.5) is 5.69 Å². The van der Waals surface area contributed by atoms with Crippen LogP contribution in [0.5, 0.6) is 0 Å². The summed E-state index contributed by atoms with van der Waals surface area (Å²) < 4.78 is 5.55. The molecule has 2 aromatic heterocycles. The molecule has 1 aromatic carbocycles. The van der Waals surface area contributed by atoms with E-state index in [2.05, 4.69) is 10.3 Å². The first-order valence-electron chi connectivity index (χ1n) is 8.05. The van der Waals surface area contributed by atoms with Gasteiger partial charge in [0.15, 0.2) is 10.8 Å². The highest BCUT2D eigenvalue weighted by Crippen LogP contribution is 2.25. The first-order valence-corrected chi connectivity index (χ1v) is 8.93. The number of nitrogens with zero attached hydrogens (tertiary/aromatic N) is 2. The number of rotatable bonds is 5. The molecule has 2 amide bonds. The first kappa shape index (κ1) is 17.9. The number of hydrogen-bond acceptors (Lipinski definition) is 5. The number of anilines is 1. The highest BCUT2D eigenvalue weighted by Gasteiger charge is 2.12. The molecule has 1 N–H and O–H groups in total. The maximum absolute atomic E-state index is 12.2. The van der Waals surface area contributed by atoms with E-state index in [1.807, 2.05) is 24.4 Å². The van der Waals surface area contributed by atoms with Crippen molar-refractivity contribution in [3.05, 3.63) is 58.8 Å². The molecule has 0 aliphatic rings. The Bertz CT molecular complexity index is 926. The number of thiazole rings is 1. The molecule has 0 aliphatic heterocycles. The molecule has 0 bridgehead atoms. The van der Waals surface area contributed by atoms with Crippen LogP contribution in [-0.4, -0.2) is 35.8 Å². The zero-order valence-corrected chi connectivity index (χ0v) is 15.6. The fourth-order valence-electron chi connectivity index (χ4n) is 2.37. The van der Waals surface area contributed by atoms with Gasteiger partial charge in [-0.3, -0.25) is 9.59 Å². The lowest BCUT2D eigenvalue weighted by molar-refractivity contribution is -0.115. The molecule has 0 aliphatic carbocycles. The standard InChI is InChI=1S/C19H19N3O3S/c1-12-4-9-16(25-12)18-21-15(11-26-18)10-17(23)20-14-7-5-13(6-8-14)19(24)22(2)3/h4-9,11H,10H2,1-3H3,(H,20,23). The van der Waals surface area contributed by atoms with Gasteiger partial charge in [0.05, 0.1) is 12.1 Å². The summed E-state index contributed by atoms with van der Waals surface area (Å²) in [5, 5.41) is 5.43. The quantitative estimate of drug-likeness (QED) is 0.746. The van der Waals surface area contributed by atoms with Crippen LogP contribution in [0, 0.1) is 6.92 Å². The number of amides is 2. The molecule has 134 valence electrons. The van der Waals surface area contributed by atoms with Gasteiger partial charge in [-0.05, 0) is 43.3 Å². The van der Waals surface area contributed by atoms with E-state index in [1.165, 1.54) is 16.2 Å². The summed E-state index contributed by atoms with van der Waals surface area (Å²) in [6.07, 6.45) is 0.175. The lowest BCUT2D eigenvalue weighted by Gasteiger charge is -2.10. The van der Waals surface area contributed by atoms with Gasteiger partial charge in [-0.2, -0.15) is 0 Å². The first-order chi connectivity index (χ1) is 12.4. The van der Waals surface area contributed by atoms with Gasteiger partial charge in [0.2, 0.25) is 5.91 Å². The molecule has 0 fully saturated rings. The summed E-state index contributed by atoms with van der Waals surface area (Å²) in [6, 6.07) is 10.6. The van der Waals surface area contributed by atoms with Gasteiger partial charge in [0.25, 0.3) is 5.91 Å². The minimum Gasteiger partial charge on any atom is -0.459 e. The van der Waals surface area contributed by atoms with E-state index in [-0.39, 0.29) is 18.2 Å². The van der Waals surface area contributed by atoms with Gasteiger partial charge >= 0.3 is 0 Å². The molecule has 0 radical (unpaired) electrons. The van der Waals surface area contributed by atoms with Gasteiger partial charge in [-0.15, -0.1) is 11.3 Å². The number of carbonyl (C=O) groups is 2.